The van der Waals surface area contributed by atoms with E-state index in [1.807, 2.05) is 20.8 Å². The molecule has 0 atom stereocenters. The lowest BCUT2D eigenvalue weighted by Crippen LogP contribution is -2.28. The van der Waals surface area contributed by atoms with E-state index in [4.69, 9.17) is 5.73 Å². The second-order valence-electron chi connectivity index (χ2n) is 5.24. The van der Waals surface area contributed by atoms with E-state index in [1.54, 1.807) is 0 Å². The standard InChI is InChI=1S/C13H17F3N2/c1-8-5-6-9(7-10(8)13(14,15)16)18-11(17)12(2,3)4/h5-7H,1-4H3,(H2,17,18). The minimum absolute atomic E-state index is 0.177. The Labute approximate surface area is 105 Å². The number of amidine groups is 1. The number of aryl methyl sites for hydroxylation is 1. The van der Waals surface area contributed by atoms with Crippen molar-refractivity contribution in [1.82, 2.24) is 0 Å². The van der Waals surface area contributed by atoms with Gasteiger partial charge in [-0.05, 0) is 24.6 Å². The van der Waals surface area contributed by atoms with Gasteiger partial charge in [0.25, 0.3) is 0 Å². The van der Waals surface area contributed by atoms with E-state index in [-0.39, 0.29) is 16.7 Å². The van der Waals surface area contributed by atoms with Crippen LogP contribution in [-0.4, -0.2) is 5.84 Å². The molecule has 0 heterocycles. The molecule has 0 radical (unpaired) electrons. The number of rotatable bonds is 1. The highest BCUT2D eigenvalue weighted by Gasteiger charge is 2.32. The molecule has 0 bridgehead atoms. The highest BCUT2D eigenvalue weighted by molar-refractivity contribution is 5.87. The van der Waals surface area contributed by atoms with Gasteiger partial charge < -0.3 is 5.73 Å². The summed E-state index contributed by atoms with van der Waals surface area (Å²) in [5.74, 6) is 0.305. The minimum atomic E-state index is -4.37. The zero-order valence-corrected chi connectivity index (χ0v) is 10.9. The third-order valence-electron chi connectivity index (χ3n) is 2.54. The average Bonchev–Trinajstić information content (AvgIpc) is 2.17. The molecule has 0 aromatic heterocycles. The quantitative estimate of drug-likeness (QED) is 0.599. The van der Waals surface area contributed by atoms with E-state index in [9.17, 15) is 13.2 Å². The summed E-state index contributed by atoms with van der Waals surface area (Å²) >= 11 is 0. The van der Waals surface area contributed by atoms with Gasteiger partial charge in [-0.1, -0.05) is 26.8 Å². The minimum Gasteiger partial charge on any atom is -0.387 e. The van der Waals surface area contributed by atoms with Gasteiger partial charge in [0.05, 0.1) is 11.3 Å². The lowest BCUT2D eigenvalue weighted by molar-refractivity contribution is -0.138. The van der Waals surface area contributed by atoms with Crippen LogP contribution in [0.15, 0.2) is 23.2 Å². The molecule has 0 amide bonds. The molecule has 0 saturated heterocycles. The summed E-state index contributed by atoms with van der Waals surface area (Å²) < 4.78 is 38.2. The molecular formula is C13H17F3N2. The van der Waals surface area contributed by atoms with Crippen LogP contribution in [0.25, 0.3) is 0 Å². The first kappa shape index (κ1) is 14.5. The number of alkyl halides is 3. The summed E-state index contributed by atoms with van der Waals surface area (Å²) in [6.07, 6.45) is -4.37. The van der Waals surface area contributed by atoms with Crippen LogP contribution in [0, 0.1) is 12.3 Å². The molecule has 1 aromatic rings. The largest absolute Gasteiger partial charge is 0.416 e. The number of hydrogen-bond donors (Lipinski definition) is 1. The average molecular weight is 258 g/mol. The Bertz CT molecular complexity index is 468. The van der Waals surface area contributed by atoms with Crippen molar-refractivity contribution >= 4 is 11.5 Å². The van der Waals surface area contributed by atoms with Crippen molar-refractivity contribution in [3.63, 3.8) is 0 Å². The van der Waals surface area contributed by atoms with Crippen LogP contribution in [0.3, 0.4) is 0 Å². The lowest BCUT2D eigenvalue weighted by atomic mass is 9.95. The summed E-state index contributed by atoms with van der Waals surface area (Å²) in [6.45, 7) is 6.98. The van der Waals surface area contributed by atoms with Crippen molar-refractivity contribution in [2.75, 3.05) is 0 Å². The smallest absolute Gasteiger partial charge is 0.387 e. The fraction of sp³-hybridized carbons (Fsp3) is 0.462. The molecule has 100 valence electrons. The number of nitrogens with zero attached hydrogens (tertiary/aromatic N) is 1. The van der Waals surface area contributed by atoms with E-state index < -0.39 is 11.7 Å². The summed E-state index contributed by atoms with van der Waals surface area (Å²) in [5.41, 5.74) is 5.10. The number of nitrogens with two attached hydrogens (primary N) is 1. The third kappa shape index (κ3) is 3.48. The van der Waals surface area contributed by atoms with Gasteiger partial charge in [-0.2, -0.15) is 13.2 Å². The SMILES string of the molecule is Cc1ccc(N=C(N)C(C)(C)C)cc1C(F)(F)F. The third-order valence-corrected chi connectivity index (χ3v) is 2.54. The van der Waals surface area contributed by atoms with E-state index >= 15 is 0 Å². The Balaban J connectivity index is 3.23. The van der Waals surface area contributed by atoms with Gasteiger partial charge in [0.2, 0.25) is 0 Å². The topological polar surface area (TPSA) is 38.4 Å². The molecular weight excluding hydrogens is 241 g/mol. The van der Waals surface area contributed by atoms with Crippen molar-refractivity contribution in [2.45, 2.75) is 33.9 Å². The van der Waals surface area contributed by atoms with Crippen LogP contribution >= 0.6 is 0 Å². The fourth-order valence-corrected chi connectivity index (χ4v) is 1.29. The van der Waals surface area contributed by atoms with E-state index in [0.717, 1.165) is 6.07 Å². The molecule has 0 aliphatic heterocycles. The highest BCUT2D eigenvalue weighted by atomic mass is 19.4. The molecule has 0 saturated carbocycles. The highest BCUT2D eigenvalue weighted by Crippen LogP contribution is 2.34. The summed E-state index contributed by atoms with van der Waals surface area (Å²) in [6, 6.07) is 3.95. The summed E-state index contributed by atoms with van der Waals surface area (Å²) in [7, 11) is 0. The second-order valence-corrected chi connectivity index (χ2v) is 5.24. The predicted octanol–water partition coefficient (Wildman–Crippen LogP) is 4.05. The molecule has 1 aromatic carbocycles. The van der Waals surface area contributed by atoms with Crippen LogP contribution in [0.2, 0.25) is 0 Å². The first-order valence-corrected chi connectivity index (χ1v) is 5.54. The molecule has 5 heteroatoms. The maximum Gasteiger partial charge on any atom is 0.416 e. The molecule has 0 spiro atoms. The van der Waals surface area contributed by atoms with Crippen LogP contribution in [0.5, 0.6) is 0 Å². The van der Waals surface area contributed by atoms with Crippen molar-refractivity contribution in [3.8, 4) is 0 Å². The van der Waals surface area contributed by atoms with Gasteiger partial charge in [0, 0.05) is 5.41 Å². The maximum absolute atomic E-state index is 12.7. The second kappa shape index (κ2) is 4.63. The van der Waals surface area contributed by atoms with E-state index in [0.29, 0.717) is 5.84 Å². The van der Waals surface area contributed by atoms with Gasteiger partial charge in [-0.15, -0.1) is 0 Å². The molecule has 1 rings (SSSR count). The Morgan fingerprint density at radius 2 is 1.72 bits per heavy atom. The van der Waals surface area contributed by atoms with Crippen LogP contribution in [0.4, 0.5) is 18.9 Å². The Hall–Kier alpha value is -1.52. The van der Waals surface area contributed by atoms with Gasteiger partial charge in [-0.3, -0.25) is 0 Å². The molecule has 0 aliphatic rings. The summed E-state index contributed by atoms with van der Waals surface area (Å²) in [4.78, 5) is 4.04. The normalized spacial score (nSPS) is 13.8. The van der Waals surface area contributed by atoms with Gasteiger partial charge in [0.1, 0.15) is 5.84 Å². The van der Waals surface area contributed by atoms with E-state index in [2.05, 4.69) is 4.99 Å². The van der Waals surface area contributed by atoms with Gasteiger partial charge in [-0.25, -0.2) is 4.99 Å². The van der Waals surface area contributed by atoms with Crippen molar-refractivity contribution < 1.29 is 13.2 Å². The number of halogens is 3. The predicted molar refractivity (Wildman–Crippen MR) is 66.9 cm³/mol. The molecule has 0 fully saturated rings. The molecule has 0 unspecified atom stereocenters. The van der Waals surface area contributed by atoms with Crippen molar-refractivity contribution in [3.05, 3.63) is 29.3 Å². The first-order valence-electron chi connectivity index (χ1n) is 5.54. The van der Waals surface area contributed by atoms with Crippen LogP contribution in [0.1, 0.15) is 31.9 Å². The number of benzene rings is 1. The zero-order chi connectivity index (χ0) is 14.1. The lowest BCUT2D eigenvalue weighted by Gasteiger charge is -2.17. The zero-order valence-electron chi connectivity index (χ0n) is 10.9. The maximum atomic E-state index is 12.7. The number of aliphatic imine (C=N–C) groups is 1. The number of hydrogen-bond acceptors (Lipinski definition) is 1. The van der Waals surface area contributed by atoms with Crippen molar-refractivity contribution in [2.24, 2.45) is 16.1 Å². The van der Waals surface area contributed by atoms with Gasteiger partial charge in [0.15, 0.2) is 0 Å². The monoisotopic (exact) mass is 258 g/mol. The van der Waals surface area contributed by atoms with Gasteiger partial charge >= 0.3 is 6.18 Å². The Kier molecular flexibility index (Phi) is 3.74. The molecule has 0 aliphatic carbocycles. The first-order chi connectivity index (χ1) is 8.01. The van der Waals surface area contributed by atoms with Crippen LogP contribution in [-0.2, 0) is 6.18 Å². The van der Waals surface area contributed by atoms with E-state index in [1.165, 1.54) is 19.1 Å². The molecule has 18 heavy (non-hydrogen) atoms. The fourth-order valence-electron chi connectivity index (χ4n) is 1.29. The van der Waals surface area contributed by atoms with Crippen molar-refractivity contribution in [1.29, 1.82) is 0 Å². The molecule has 2 nitrogen and oxygen atoms in total. The Morgan fingerprint density at radius 3 is 2.17 bits per heavy atom. The Morgan fingerprint density at radius 1 is 1.17 bits per heavy atom. The van der Waals surface area contributed by atoms with Crippen LogP contribution < -0.4 is 5.73 Å². The molecule has 2 N–H and O–H groups in total. The summed E-state index contributed by atoms with van der Waals surface area (Å²) in [5, 5.41) is 0.